The van der Waals surface area contributed by atoms with E-state index >= 15 is 0 Å². The number of oxime groups is 1. The standard InChI is InChI=1S/C24H23ClN10O7S3/c1-34-23(30-32-33-34)45-10-24(21(40)41)8-35-19(39)17(20(35)44-9-24)29-18(38)16(14-7-43-22(28-14)26-11-36)31-42-6-15(37)27-13-4-2-3-12(25)5-13/h2-5,7,11,17,20H,6,8-10H2,1H3,(H,27,37)(H,29,38)(H,40,41)(H,26,28,36)/t17?,20-,24?/m1/s1. The summed E-state index contributed by atoms with van der Waals surface area (Å²) >= 11 is 9.35. The van der Waals surface area contributed by atoms with Gasteiger partial charge in [0.2, 0.25) is 17.5 Å². The van der Waals surface area contributed by atoms with Crippen molar-refractivity contribution in [3.63, 3.8) is 0 Å². The third kappa shape index (κ3) is 7.18. The number of hydrogen-bond donors (Lipinski definition) is 4. The van der Waals surface area contributed by atoms with Crippen molar-refractivity contribution in [1.29, 1.82) is 0 Å². The summed E-state index contributed by atoms with van der Waals surface area (Å²) in [5, 5.41) is 34.6. The Hall–Kier alpha value is -4.27. The van der Waals surface area contributed by atoms with Crippen LogP contribution in [0, 0.1) is 5.41 Å². The molecule has 4 amide bonds. The molecule has 4 N–H and O–H groups in total. The van der Waals surface area contributed by atoms with Gasteiger partial charge in [-0.3, -0.25) is 24.0 Å². The Kier molecular flexibility index (Phi) is 9.85. The first-order valence-corrected chi connectivity index (χ1v) is 16.1. The summed E-state index contributed by atoms with van der Waals surface area (Å²) in [5.74, 6) is -2.66. The number of hydrogen-bond acceptors (Lipinski definition) is 14. The van der Waals surface area contributed by atoms with Crippen LogP contribution in [0.1, 0.15) is 5.69 Å². The molecule has 236 valence electrons. The van der Waals surface area contributed by atoms with Gasteiger partial charge in [-0.1, -0.05) is 34.6 Å². The average molecular weight is 695 g/mol. The molecule has 1 aromatic carbocycles. The van der Waals surface area contributed by atoms with Gasteiger partial charge in [-0.05, 0) is 28.6 Å². The van der Waals surface area contributed by atoms with Gasteiger partial charge in [-0.2, -0.15) is 0 Å². The van der Waals surface area contributed by atoms with Crippen LogP contribution in [0.5, 0.6) is 0 Å². The molecule has 45 heavy (non-hydrogen) atoms. The Morgan fingerprint density at radius 3 is 2.89 bits per heavy atom. The molecule has 2 saturated heterocycles. The highest BCUT2D eigenvalue weighted by molar-refractivity contribution is 8.00. The molecule has 5 rings (SSSR count). The number of rotatable bonds is 13. The number of nitrogens with one attached hydrogen (secondary N) is 3. The maximum absolute atomic E-state index is 13.4. The third-order valence-electron chi connectivity index (χ3n) is 6.55. The lowest BCUT2D eigenvalue weighted by atomic mass is 9.89. The van der Waals surface area contributed by atoms with Crippen molar-refractivity contribution < 1.29 is 33.9 Å². The molecular weight excluding hydrogens is 672 g/mol. The third-order valence-corrected chi connectivity index (χ3v) is 10.4. The second-order valence-electron chi connectivity index (χ2n) is 9.65. The lowest BCUT2D eigenvalue weighted by molar-refractivity contribution is -0.157. The summed E-state index contributed by atoms with van der Waals surface area (Å²) in [5.41, 5.74) is -1.16. The van der Waals surface area contributed by atoms with Gasteiger partial charge in [0.1, 0.15) is 22.5 Å². The second-order valence-corrected chi connectivity index (χ2v) is 13.0. The van der Waals surface area contributed by atoms with Crippen LogP contribution in [0.4, 0.5) is 10.8 Å². The van der Waals surface area contributed by atoms with Crippen LogP contribution < -0.4 is 16.0 Å². The van der Waals surface area contributed by atoms with Gasteiger partial charge >= 0.3 is 5.97 Å². The van der Waals surface area contributed by atoms with Crippen LogP contribution in [0.25, 0.3) is 0 Å². The summed E-state index contributed by atoms with van der Waals surface area (Å²) in [6, 6.07) is 5.48. The van der Waals surface area contributed by atoms with Gasteiger partial charge in [-0.25, -0.2) is 9.67 Å². The lowest BCUT2D eigenvalue weighted by Crippen LogP contribution is -2.74. The van der Waals surface area contributed by atoms with E-state index in [4.69, 9.17) is 16.4 Å². The molecule has 0 saturated carbocycles. The van der Waals surface area contributed by atoms with Gasteiger partial charge in [0.15, 0.2) is 17.5 Å². The summed E-state index contributed by atoms with van der Waals surface area (Å²) in [4.78, 5) is 72.8. The summed E-state index contributed by atoms with van der Waals surface area (Å²) in [6.07, 6.45) is 0.415. The monoisotopic (exact) mass is 694 g/mol. The zero-order chi connectivity index (χ0) is 32.1. The molecule has 3 aromatic rings. The van der Waals surface area contributed by atoms with Gasteiger partial charge in [0.25, 0.3) is 11.8 Å². The van der Waals surface area contributed by atoms with Crippen LogP contribution in [0.2, 0.25) is 5.02 Å². The number of aryl methyl sites for hydroxylation is 1. The van der Waals surface area contributed by atoms with Gasteiger partial charge < -0.3 is 30.8 Å². The number of aromatic nitrogens is 5. The predicted molar refractivity (Wildman–Crippen MR) is 164 cm³/mol. The maximum Gasteiger partial charge on any atom is 0.313 e. The van der Waals surface area contributed by atoms with Crippen molar-refractivity contribution in [2.45, 2.75) is 16.6 Å². The molecule has 2 aliphatic rings. The number of β-lactam (4-membered cyclic amide) rings is 1. The second kappa shape index (κ2) is 13.8. The number of thiazole rings is 1. The number of fused-ring (bicyclic) bond motifs is 1. The normalized spacial score (nSPS) is 20.9. The summed E-state index contributed by atoms with van der Waals surface area (Å²) in [7, 11) is 1.64. The van der Waals surface area contributed by atoms with E-state index in [1.54, 1.807) is 25.2 Å². The number of carboxylic acid groups (broad SMARTS) is 1. The zero-order valence-electron chi connectivity index (χ0n) is 23.1. The molecular formula is C24H23ClN10O7S3. The fourth-order valence-corrected chi connectivity index (χ4v) is 7.84. The first-order valence-electron chi connectivity index (χ1n) is 12.8. The number of tetrazole rings is 1. The Balaban J connectivity index is 1.25. The SMILES string of the molecule is Cn1nnnc1SCC1(C(=O)O)CS[C@@H]2C(NC(=O)C(=NOCC(=O)Nc3cccc(Cl)c3)c3csc(NC=O)n3)C(=O)N2C1. The fraction of sp³-hybridized carbons (Fsp3) is 0.333. The first kappa shape index (κ1) is 32.1. The van der Waals surface area contributed by atoms with Gasteiger partial charge in [0, 0.05) is 41.2 Å². The minimum absolute atomic E-state index is 0.0252. The number of aliphatic carboxylic acids is 1. The van der Waals surface area contributed by atoms with Crippen molar-refractivity contribution in [2.24, 2.45) is 17.6 Å². The Morgan fingerprint density at radius 1 is 1.36 bits per heavy atom. The molecule has 0 aliphatic carbocycles. The van der Waals surface area contributed by atoms with Crippen molar-refractivity contribution >= 4 is 93.1 Å². The minimum atomic E-state index is -1.27. The van der Waals surface area contributed by atoms with Crippen molar-refractivity contribution in [3.8, 4) is 0 Å². The van der Waals surface area contributed by atoms with E-state index in [2.05, 4.69) is 41.6 Å². The molecule has 2 aliphatic heterocycles. The largest absolute Gasteiger partial charge is 0.481 e. The van der Waals surface area contributed by atoms with Crippen LogP contribution in [0.3, 0.4) is 0 Å². The van der Waals surface area contributed by atoms with E-state index in [-0.39, 0.29) is 34.6 Å². The Labute approximate surface area is 271 Å². The summed E-state index contributed by atoms with van der Waals surface area (Å²) in [6.45, 7) is -0.636. The first-order chi connectivity index (χ1) is 21.6. The highest BCUT2D eigenvalue weighted by atomic mass is 35.5. The molecule has 2 aromatic heterocycles. The minimum Gasteiger partial charge on any atom is -0.481 e. The quantitative estimate of drug-likeness (QED) is 0.0630. The fourth-order valence-electron chi connectivity index (χ4n) is 4.28. The number of anilines is 2. The van der Waals surface area contributed by atoms with E-state index in [0.29, 0.717) is 22.3 Å². The van der Waals surface area contributed by atoms with Crippen molar-refractivity contribution in [3.05, 3.63) is 40.4 Å². The van der Waals surface area contributed by atoms with E-state index in [0.717, 1.165) is 11.3 Å². The van der Waals surface area contributed by atoms with Crippen LogP contribution in [0.15, 0.2) is 40.0 Å². The molecule has 0 radical (unpaired) electrons. The molecule has 21 heteroatoms. The molecule has 3 atom stereocenters. The van der Waals surface area contributed by atoms with Crippen LogP contribution >= 0.6 is 46.5 Å². The number of halogens is 1. The summed E-state index contributed by atoms with van der Waals surface area (Å²) < 4.78 is 1.42. The number of amides is 4. The highest BCUT2D eigenvalue weighted by Crippen LogP contribution is 2.44. The van der Waals surface area contributed by atoms with Crippen LogP contribution in [-0.2, 0) is 35.9 Å². The van der Waals surface area contributed by atoms with Crippen molar-refractivity contribution in [1.82, 2.24) is 35.4 Å². The van der Waals surface area contributed by atoms with E-state index in [1.807, 2.05) is 0 Å². The van der Waals surface area contributed by atoms with Gasteiger partial charge in [0.05, 0.1) is 0 Å². The molecule has 4 heterocycles. The number of carboxylic acids is 1. The molecule has 0 bridgehead atoms. The lowest BCUT2D eigenvalue weighted by Gasteiger charge is -2.53. The Bertz CT molecular complexity index is 1670. The van der Waals surface area contributed by atoms with Gasteiger partial charge in [-0.15, -0.1) is 28.2 Å². The van der Waals surface area contributed by atoms with E-state index in [9.17, 15) is 29.1 Å². The number of thioether (sulfide) groups is 2. The van der Waals surface area contributed by atoms with E-state index in [1.165, 1.54) is 44.6 Å². The Morgan fingerprint density at radius 2 is 2.18 bits per heavy atom. The smallest absolute Gasteiger partial charge is 0.313 e. The topological polar surface area (TPSA) is 223 Å². The van der Waals surface area contributed by atoms with E-state index < -0.39 is 47.1 Å². The molecule has 2 unspecified atom stereocenters. The highest BCUT2D eigenvalue weighted by Gasteiger charge is 2.57. The maximum atomic E-state index is 13.4. The van der Waals surface area contributed by atoms with Crippen LogP contribution in [-0.4, -0.2) is 107 Å². The predicted octanol–water partition coefficient (Wildman–Crippen LogP) is 0.511. The van der Waals surface area contributed by atoms with Crippen molar-refractivity contribution in [2.75, 3.05) is 35.3 Å². The number of carbonyl (C=O) groups excluding carboxylic acids is 4. The molecule has 2 fully saturated rings. The number of benzene rings is 1. The number of carbonyl (C=O) groups is 5. The molecule has 17 nitrogen and oxygen atoms in total. The average Bonchev–Trinajstić information content (AvgIpc) is 3.65. The zero-order valence-corrected chi connectivity index (χ0v) is 26.3. The number of nitrogens with zero attached hydrogens (tertiary/aromatic N) is 7. The molecule has 0 spiro atoms.